The number of rotatable bonds is 9. The van der Waals surface area contributed by atoms with E-state index in [2.05, 4.69) is 17.6 Å². The first kappa shape index (κ1) is 23.0. The zero-order valence-electron chi connectivity index (χ0n) is 16.7. The van der Waals surface area contributed by atoms with Gasteiger partial charge in [0.2, 0.25) is 0 Å². The molecule has 0 radical (unpaired) electrons. The summed E-state index contributed by atoms with van der Waals surface area (Å²) in [5.41, 5.74) is 0.940. The van der Waals surface area contributed by atoms with Crippen molar-refractivity contribution in [1.82, 2.24) is 5.32 Å². The second-order valence-corrected chi connectivity index (χ2v) is 6.99. The molecule has 1 heterocycles. The van der Waals surface area contributed by atoms with Crippen LogP contribution < -0.4 is 20.1 Å². The number of anilines is 1. The minimum Gasteiger partial charge on any atom is -0.490 e. The van der Waals surface area contributed by atoms with Crippen LogP contribution in [0.3, 0.4) is 0 Å². The van der Waals surface area contributed by atoms with E-state index in [4.69, 9.17) is 23.9 Å². The number of hydrogen-bond acceptors (Lipinski definition) is 5. The molecule has 3 rings (SSSR count). The van der Waals surface area contributed by atoms with Gasteiger partial charge in [-0.3, -0.25) is 4.99 Å². The van der Waals surface area contributed by atoms with Crippen molar-refractivity contribution in [2.75, 3.05) is 52.0 Å². The van der Waals surface area contributed by atoms with Crippen LogP contribution in [0.5, 0.6) is 11.5 Å². The fourth-order valence-electron chi connectivity index (χ4n) is 2.80. The van der Waals surface area contributed by atoms with Crippen LogP contribution in [-0.4, -0.2) is 58.7 Å². The molecule has 0 bridgehead atoms. The van der Waals surface area contributed by atoms with Gasteiger partial charge in [0, 0.05) is 44.5 Å². The fraction of sp³-hybridized carbons (Fsp3) is 0.650. The minimum absolute atomic E-state index is 0. The Bertz CT molecular complexity index is 629. The van der Waals surface area contributed by atoms with Gasteiger partial charge >= 0.3 is 0 Å². The van der Waals surface area contributed by atoms with Crippen LogP contribution in [0.15, 0.2) is 23.2 Å². The molecule has 2 unspecified atom stereocenters. The standard InChI is InChI=1S/C20H31N3O4.HI/c1-15-13-17(15)23-20(21-7-3-8-25-12-11-24-2)22-16-5-6-18-19(14-16)27-10-4-9-26-18;/h5-6,14-15,17H,3-4,7-13H2,1-2H3,(H2,21,22,23);1H. The monoisotopic (exact) mass is 505 g/mol. The van der Waals surface area contributed by atoms with Crippen molar-refractivity contribution in [1.29, 1.82) is 0 Å². The van der Waals surface area contributed by atoms with Crippen LogP contribution in [0, 0.1) is 5.92 Å². The average molecular weight is 505 g/mol. The van der Waals surface area contributed by atoms with Gasteiger partial charge in [0.15, 0.2) is 17.5 Å². The molecule has 8 heteroatoms. The van der Waals surface area contributed by atoms with Gasteiger partial charge in [-0.25, -0.2) is 0 Å². The highest BCUT2D eigenvalue weighted by atomic mass is 127. The van der Waals surface area contributed by atoms with E-state index in [-0.39, 0.29) is 24.0 Å². The smallest absolute Gasteiger partial charge is 0.196 e. The number of aliphatic imine (C=N–C) groups is 1. The van der Waals surface area contributed by atoms with Crippen molar-refractivity contribution >= 4 is 35.6 Å². The molecule has 1 fully saturated rings. The van der Waals surface area contributed by atoms with Crippen molar-refractivity contribution in [2.45, 2.75) is 32.2 Å². The lowest BCUT2D eigenvalue weighted by atomic mass is 10.2. The predicted molar refractivity (Wildman–Crippen MR) is 121 cm³/mol. The third kappa shape index (κ3) is 7.63. The average Bonchev–Trinajstić information content (AvgIpc) is 3.41. The van der Waals surface area contributed by atoms with E-state index >= 15 is 0 Å². The first-order valence-electron chi connectivity index (χ1n) is 9.80. The molecule has 0 spiro atoms. The number of ether oxygens (including phenoxy) is 4. The number of nitrogens with one attached hydrogen (secondary N) is 2. The Labute approximate surface area is 184 Å². The Hall–Kier alpha value is -1.26. The molecule has 1 aromatic carbocycles. The van der Waals surface area contributed by atoms with Gasteiger partial charge < -0.3 is 29.6 Å². The second-order valence-electron chi connectivity index (χ2n) is 6.99. The molecule has 1 saturated carbocycles. The molecule has 2 aliphatic rings. The topological polar surface area (TPSA) is 73.3 Å². The summed E-state index contributed by atoms with van der Waals surface area (Å²) < 4.78 is 21.9. The second kappa shape index (κ2) is 12.3. The summed E-state index contributed by atoms with van der Waals surface area (Å²) in [6.07, 6.45) is 2.96. The number of hydrogen-bond donors (Lipinski definition) is 2. The van der Waals surface area contributed by atoms with E-state index in [0.717, 1.165) is 36.0 Å². The van der Waals surface area contributed by atoms with E-state index in [1.165, 1.54) is 6.42 Å². The number of halogens is 1. The largest absolute Gasteiger partial charge is 0.490 e. The van der Waals surface area contributed by atoms with Gasteiger partial charge in [0.1, 0.15) is 0 Å². The van der Waals surface area contributed by atoms with Crippen molar-refractivity contribution in [3.05, 3.63) is 18.2 Å². The van der Waals surface area contributed by atoms with Gasteiger partial charge in [0.25, 0.3) is 0 Å². The first-order valence-corrected chi connectivity index (χ1v) is 9.80. The number of methoxy groups -OCH3 is 1. The molecule has 2 atom stereocenters. The number of nitrogens with zero attached hydrogens (tertiary/aromatic N) is 1. The third-order valence-corrected chi connectivity index (χ3v) is 4.59. The highest BCUT2D eigenvalue weighted by Crippen LogP contribution is 2.32. The van der Waals surface area contributed by atoms with Crippen LogP contribution in [0.1, 0.15) is 26.2 Å². The summed E-state index contributed by atoms with van der Waals surface area (Å²) in [7, 11) is 1.68. The molecule has 0 amide bonds. The summed E-state index contributed by atoms with van der Waals surface area (Å²) in [4.78, 5) is 4.69. The Kier molecular flexibility index (Phi) is 10.1. The number of fused-ring (bicyclic) bond motifs is 1. The van der Waals surface area contributed by atoms with Crippen LogP contribution in [0.4, 0.5) is 5.69 Å². The lowest BCUT2D eigenvalue weighted by Crippen LogP contribution is -2.33. The van der Waals surface area contributed by atoms with Crippen molar-refractivity contribution in [2.24, 2.45) is 10.9 Å². The van der Waals surface area contributed by atoms with Gasteiger partial charge in [-0.2, -0.15) is 0 Å². The number of guanidine groups is 1. The fourth-order valence-corrected chi connectivity index (χ4v) is 2.80. The third-order valence-electron chi connectivity index (χ3n) is 4.59. The zero-order valence-corrected chi connectivity index (χ0v) is 19.1. The van der Waals surface area contributed by atoms with E-state index < -0.39 is 0 Å². The highest BCUT2D eigenvalue weighted by molar-refractivity contribution is 14.0. The Morgan fingerprint density at radius 2 is 1.96 bits per heavy atom. The van der Waals surface area contributed by atoms with Gasteiger partial charge in [-0.05, 0) is 30.9 Å². The van der Waals surface area contributed by atoms with Crippen LogP contribution in [0.25, 0.3) is 0 Å². The summed E-state index contributed by atoms with van der Waals surface area (Å²) in [6, 6.07) is 6.41. The SMILES string of the molecule is COCCOCCCN=C(Nc1ccc2c(c1)OCCCO2)NC1CC1C.I. The molecular weight excluding hydrogens is 473 g/mol. The molecule has 158 valence electrons. The van der Waals surface area contributed by atoms with Crippen LogP contribution in [0.2, 0.25) is 0 Å². The quantitative estimate of drug-likeness (QED) is 0.232. The van der Waals surface area contributed by atoms with Crippen molar-refractivity contribution < 1.29 is 18.9 Å². The predicted octanol–water partition coefficient (Wildman–Crippen LogP) is 3.28. The molecule has 0 aromatic heterocycles. The molecule has 2 N–H and O–H groups in total. The molecular formula is C20H32IN3O4. The van der Waals surface area contributed by atoms with E-state index in [0.29, 0.717) is 51.5 Å². The van der Waals surface area contributed by atoms with E-state index in [1.54, 1.807) is 7.11 Å². The molecule has 1 aliphatic carbocycles. The van der Waals surface area contributed by atoms with Crippen LogP contribution in [-0.2, 0) is 9.47 Å². The summed E-state index contributed by atoms with van der Waals surface area (Å²) in [5, 5.41) is 6.89. The van der Waals surface area contributed by atoms with E-state index in [1.807, 2.05) is 18.2 Å². The summed E-state index contributed by atoms with van der Waals surface area (Å²) >= 11 is 0. The first-order chi connectivity index (χ1) is 13.3. The maximum absolute atomic E-state index is 5.77. The maximum Gasteiger partial charge on any atom is 0.196 e. The molecule has 7 nitrogen and oxygen atoms in total. The van der Waals surface area contributed by atoms with Crippen molar-refractivity contribution in [3.63, 3.8) is 0 Å². The maximum atomic E-state index is 5.77. The molecule has 1 aliphatic heterocycles. The highest BCUT2D eigenvalue weighted by Gasteiger charge is 2.33. The molecule has 1 aromatic rings. The van der Waals surface area contributed by atoms with E-state index in [9.17, 15) is 0 Å². The Morgan fingerprint density at radius 1 is 1.18 bits per heavy atom. The van der Waals surface area contributed by atoms with Gasteiger partial charge in [-0.1, -0.05) is 6.92 Å². The zero-order chi connectivity index (χ0) is 18.9. The van der Waals surface area contributed by atoms with Crippen LogP contribution >= 0.6 is 24.0 Å². The molecule has 28 heavy (non-hydrogen) atoms. The lowest BCUT2D eigenvalue weighted by Gasteiger charge is -2.14. The Balaban J connectivity index is 0.00000280. The summed E-state index contributed by atoms with van der Waals surface area (Å²) in [5.74, 6) is 3.07. The lowest BCUT2D eigenvalue weighted by molar-refractivity contribution is 0.0702. The number of benzene rings is 1. The van der Waals surface area contributed by atoms with Crippen molar-refractivity contribution in [3.8, 4) is 11.5 Å². The normalized spacial score (nSPS) is 20.7. The molecule has 0 saturated heterocycles. The minimum atomic E-state index is 0. The Morgan fingerprint density at radius 3 is 2.71 bits per heavy atom. The van der Waals surface area contributed by atoms with Gasteiger partial charge in [0.05, 0.1) is 26.4 Å². The van der Waals surface area contributed by atoms with Gasteiger partial charge in [-0.15, -0.1) is 24.0 Å². The summed E-state index contributed by atoms with van der Waals surface area (Å²) in [6.45, 7) is 6.25.